The summed E-state index contributed by atoms with van der Waals surface area (Å²) in [6.45, 7) is 4.04. The van der Waals surface area contributed by atoms with Crippen LogP contribution in [-0.4, -0.2) is 17.1 Å². The van der Waals surface area contributed by atoms with Gasteiger partial charge in [0.2, 0.25) is 0 Å². The molecule has 1 atom stereocenters. The lowest BCUT2D eigenvalue weighted by atomic mass is 9.48. The summed E-state index contributed by atoms with van der Waals surface area (Å²) in [6.07, 6.45) is 8.12. The molecule has 4 saturated carbocycles. The number of carbonyl (C=O) groups excluding carboxylic acids is 1. The number of rotatable bonds is 4. The van der Waals surface area contributed by atoms with Crippen LogP contribution in [0.1, 0.15) is 61.6 Å². The summed E-state index contributed by atoms with van der Waals surface area (Å²) in [4.78, 5) is 13.2. The van der Waals surface area contributed by atoms with Crippen molar-refractivity contribution in [1.29, 1.82) is 0 Å². The molecule has 1 aromatic carbocycles. The highest BCUT2D eigenvalue weighted by Gasteiger charge is 2.53. The fourth-order valence-electron chi connectivity index (χ4n) is 6.56. The second-order valence-electron chi connectivity index (χ2n) is 9.30. The maximum atomic E-state index is 13.2. The molecular weight excluding hydrogens is 336 g/mol. The molecule has 0 aliphatic heterocycles. The Morgan fingerprint density at radius 2 is 1.70 bits per heavy atom. The molecule has 0 spiro atoms. The summed E-state index contributed by atoms with van der Waals surface area (Å²) in [7, 11) is 0. The topological polar surface area (TPSA) is 55.1 Å². The third kappa shape index (κ3) is 2.81. The molecule has 4 bridgehead atoms. The zero-order valence-electron chi connectivity index (χ0n) is 16.2. The van der Waals surface area contributed by atoms with Crippen LogP contribution in [-0.2, 0) is 0 Å². The lowest BCUT2D eigenvalue weighted by Gasteiger charge is -2.59. The van der Waals surface area contributed by atoms with Crippen LogP contribution in [0.15, 0.2) is 34.9 Å². The van der Waals surface area contributed by atoms with E-state index in [4.69, 9.17) is 4.52 Å². The molecule has 1 aromatic heterocycles. The Balaban J connectivity index is 1.39. The van der Waals surface area contributed by atoms with Crippen molar-refractivity contribution >= 4 is 5.91 Å². The molecule has 4 aliphatic carbocycles. The number of amides is 1. The number of benzene rings is 1. The highest BCUT2D eigenvalue weighted by atomic mass is 16.5. The van der Waals surface area contributed by atoms with E-state index in [0.29, 0.717) is 22.4 Å². The molecule has 1 heterocycles. The minimum atomic E-state index is -0.0455. The summed E-state index contributed by atoms with van der Waals surface area (Å²) in [5.74, 6) is 3.19. The first-order chi connectivity index (χ1) is 13.0. The standard InChI is InChI=1S/C23H28N2O2/c1-14-20(21(25-27-14)19-6-4-3-5-7-19)22(26)24-15(2)23-11-16-8-17(12-23)10-18(9-16)13-23/h3-7,15-18H,8-13H2,1-2H3,(H,24,26)/t15-,16?,17?,18?,23?/m1/s1. The maximum Gasteiger partial charge on any atom is 0.257 e. The van der Waals surface area contributed by atoms with Crippen molar-refractivity contribution in [2.24, 2.45) is 23.2 Å². The normalized spacial score (nSPS) is 32.4. The van der Waals surface area contributed by atoms with Gasteiger partial charge in [-0.05, 0) is 75.5 Å². The number of aromatic nitrogens is 1. The van der Waals surface area contributed by atoms with Crippen LogP contribution in [0.2, 0.25) is 0 Å². The van der Waals surface area contributed by atoms with E-state index in [1.807, 2.05) is 37.3 Å². The largest absolute Gasteiger partial charge is 0.360 e. The number of nitrogens with zero attached hydrogens (tertiary/aromatic N) is 1. The summed E-state index contributed by atoms with van der Waals surface area (Å²) in [6, 6.07) is 10.0. The van der Waals surface area contributed by atoms with Gasteiger partial charge in [0.25, 0.3) is 5.91 Å². The van der Waals surface area contributed by atoms with Gasteiger partial charge in [-0.25, -0.2) is 0 Å². The third-order valence-electron chi connectivity index (χ3n) is 7.49. The quantitative estimate of drug-likeness (QED) is 0.832. The summed E-state index contributed by atoms with van der Waals surface area (Å²) >= 11 is 0. The molecule has 4 nitrogen and oxygen atoms in total. The van der Waals surface area contributed by atoms with Gasteiger partial charge >= 0.3 is 0 Å². The van der Waals surface area contributed by atoms with Crippen molar-refractivity contribution in [3.8, 4) is 11.3 Å². The molecule has 2 aromatic rings. The monoisotopic (exact) mass is 364 g/mol. The minimum absolute atomic E-state index is 0.0455. The molecule has 4 heteroatoms. The lowest BCUT2D eigenvalue weighted by molar-refractivity contribution is -0.0688. The van der Waals surface area contributed by atoms with Gasteiger partial charge in [0.15, 0.2) is 0 Å². The van der Waals surface area contributed by atoms with Crippen molar-refractivity contribution in [1.82, 2.24) is 10.5 Å². The molecule has 0 unspecified atom stereocenters. The molecule has 27 heavy (non-hydrogen) atoms. The molecular formula is C23H28N2O2. The zero-order valence-corrected chi connectivity index (χ0v) is 16.2. The van der Waals surface area contributed by atoms with Crippen LogP contribution in [0.5, 0.6) is 0 Å². The van der Waals surface area contributed by atoms with Crippen LogP contribution in [0, 0.1) is 30.1 Å². The van der Waals surface area contributed by atoms with Crippen LogP contribution in [0.25, 0.3) is 11.3 Å². The van der Waals surface area contributed by atoms with Gasteiger partial charge < -0.3 is 9.84 Å². The van der Waals surface area contributed by atoms with Crippen LogP contribution in [0.4, 0.5) is 0 Å². The third-order valence-corrected chi connectivity index (χ3v) is 7.49. The van der Waals surface area contributed by atoms with Crippen LogP contribution >= 0.6 is 0 Å². The Kier molecular flexibility index (Phi) is 3.92. The van der Waals surface area contributed by atoms with E-state index in [0.717, 1.165) is 23.3 Å². The van der Waals surface area contributed by atoms with Gasteiger partial charge in [0.1, 0.15) is 17.0 Å². The van der Waals surface area contributed by atoms with E-state index < -0.39 is 0 Å². The highest BCUT2D eigenvalue weighted by Crippen LogP contribution is 2.61. The average molecular weight is 364 g/mol. The number of nitrogens with one attached hydrogen (secondary N) is 1. The van der Waals surface area contributed by atoms with Crippen molar-refractivity contribution < 1.29 is 9.32 Å². The average Bonchev–Trinajstić information content (AvgIpc) is 3.03. The zero-order chi connectivity index (χ0) is 18.6. The highest BCUT2D eigenvalue weighted by molar-refractivity contribution is 6.00. The first-order valence-corrected chi connectivity index (χ1v) is 10.4. The number of carbonyl (C=O) groups is 1. The Morgan fingerprint density at radius 1 is 1.11 bits per heavy atom. The van der Waals surface area contributed by atoms with E-state index in [2.05, 4.69) is 17.4 Å². The second-order valence-corrected chi connectivity index (χ2v) is 9.30. The molecule has 1 N–H and O–H groups in total. The van der Waals surface area contributed by atoms with Crippen molar-refractivity contribution in [2.45, 2.75) is 58.4 Å². The summed E-state index contributed by atoms with van der Waals surface area (Å²) < 4.78 is 5.39. The Hall–Kier alpha value is -2.10. The van der Waals surface area contributed by atoms with Gasteiger partial charge in [-0.15, -0.1) is 0 Å². The SMILES string of the molecule is Cc1onc(-c2ccccc2)c1C(=O)N[C@H](C)C12CC3CC(CC(C3)C1)C2. The minimum Gasteiger partial charge on any atom is -0.360 e. The van der Waals surface area contributed by atoms with Crippen LogP contribution < -0.4 is 5.32 Å². The van der Waals surface area contributed by atoms with E-state index >= 15 is 0 Å². The summed E-state index contributed by atoms with van der Waals surface area (Å²) in [5, 5.41) is 7.52. The Labute approximate surface area is 160 Å². The molecule has 4 fully saturated rings. The fourth-order valence-corrected chi connectivity index (χ4v) is 6.56. The van der Waals surface area contributed by atoms with E-state index in [1.165, 1.54) is 38.5 Å². The Morgan fingerprint density at radius 3 is 2.30 bits per heavy atom. The number of hydrogen-bond donors (Lipinski definition) is 1. The molecule has 142 valence electrons. The fraction of sp³-hybridized carbons (Fsp3) is 0.565. The number of aryl methyl sites for hydroxylation is 1. The first kappa shape index (κ1) is 17.0. The lowest BCUT2D eigenvalue weighted by Crippen LogP contribution is -2.55. The van der Waals surface area contributed by atoms with Gasteiger partial charge in [-0.3, -0.25) is 4.79 Å². The second kappa shape index (κ2) is 6.22. The molecule has 0 radical (unpaired) electrons. The van der Waals surface area contributed by atoms with Gasteiger partial charge in [-0.1, -0.05) is 35.5 Å². The molecule has 6 rings (SSSR count). The molecule has 0 saturated heterocycles. The molecule has 1 amide bonds. The first-order valence-electron chi connectivity index (χ1n) is 10.4. The van der Waals surface area contributed by atoms with Gasteiger partial charge in [0.05, 0.1) is 0 Å². The van der Waals surface area contributed by atoms with Crippen molar-refractivity contribution in [3.05, 3.63) is 41.7 Å². The van der Waals surface area contributed by atoms with Crippen molar-refractivity contribution in [3.63, 3.8) is 0 Å². The van der Waals surface area contributed by atoms with Crippen LogP contribution in [0.3, 0.4) is 0 Å². The van der Waals surface area contributed by atoms with Gasteiger partial charge in [-0.2, -0.15) is 0 Å². The van der Waals surface area contributed by atoms with E-state index in [9.17, 15) is 4.79 Å². The number of hydrogen-bond acceptors (Lipinski definition) is 3. The predicted molar refractivity (Wildman–Crippen MR) is 104 cm³/mol. The smallest absolute Gasteiger partial charge is 0.257 e. The predicted octanol–water partition coefficient (Wildman–Crippen LogP) is 4.98. The maximum absolute atomic E-state index is 13.2. The molecule has 4 aliphatic rings. The van der Waals surface area contributed by atoms with Crippen molar-refractivity contribution in [2.75, 3.05) is 0 Å². The van der Waals surface area contributed by atoms with E-state index in [-0.39, 0.29) is 11.9 Å². The Bertz CT molecular complexity index is 819. The summed E-state index contributed by atoms with van der Waals surface area (Å²) in [5.41, 5.74) is 2.44. The van der Waals surface area contributed by atoms with Gasteiger partial charge in [0, 0.05) is 11.6 Å². The van der Waals surface area contributed by atoms with E-state index in [1.54, 1.807) is 0 Å².